The normalized spacial score (nSPS) is 10.3. The summed E-state index contributed by atoms with van der Waals surface area (Å²) in [6.45, 7) is 3.39. The molecule has 3 aromatic carbocycles. The molecule has 0 spiro atoms. The van der Waals surface area contributed by atoms with Crippen molar-refractivity contribution in [3.05, 3.63) is 90.0 Å². The molecular formula is C26H29N3O3. The van der Waals surface area contributed by atoms with Crippen molar-refractivity contribution in [2.45, 2.75) is 26.3 Å². The second-order valence-electron chi connectivity index (χ2n) is 7.38. The van der Waals surface area contributed by atoms with E-state index in [4.69, 9.17) is 4.74 Å². The third-order valence-electron chi connectivity index (χ3n) is 4.78. The molecule has 0 bridgehead atoms. The predicted octanol–water partition coefficient (Wildman–Crippen LogP) is 4.85. The molecule has 0 fully saturated rings. The Balaban J connectivity index is 1.44. The summed E-state index contributed by atoms with van der Waals surface area (Å²) in [5, 5.41) is 8.82. The van der Waals surface area contributed by atoms with Gasteiger partial charge in [-0.05, 0) is 48.4 Å². The molecule has 32 heavy (non-hydrogen) atoms. The molecule has 6 nitrogen and oxygen atoms in total. The number of carbonyl (C=O) groups is 2. The molecule has 0 saturated heterocycles. The lowest BCUT2D eigenvalue weighted by molar-refractivity contribution is -0.114. The van der Waals surface area contributed by atoms with Crippen LogP contribution < -0.4 is 20.7 Å². The minimum absolute atomic E-state index is 0.123. The third kappa shape index (κ3) is 7.47. The molecule has 166 valence electrons. The standard InChI is InChI=1S/C26H29N3O3/c1-2-3-16-32-24-11-7-10-23(17-24)27-19-25(30)29-22-14-12-21(13-15-22)26(31)28-18-20-8-5-4-6-9-20/h4-15,17,27H,2-3,16,18-19H2,1H3,(H,28,31)(H,29,30). The van der Waals surface area contributed by atoms with E-state index in [0.29, 0.717) is 24.4 Å². The van der Waals surface area contributed by atoms with Crippen molar-refractivity contribution >= 4 is 23.2 Å². The first kappa shape index (κ1) is 22.9. The molecule has 3 aromatic rings. The Morgan fingerprint density at radius 2 is 1.66 bits per heavy atom. The lowest BCUT2D eigenvalue weighted by Crippen LogP contribution is -2.23. The van der Waals surface area contributed by atoms with Gasteiger partial charge in [-0.3, -0.25) is 9.59 Å². The van der Waals surface area contributed by atoms with Crippen LogP contribution in [0.25, 0.3) is 0 Å². The maximum absolute atomic E-state index is 12.3. The minimum atomic E-state index is -0.177. The number of amides is 2. The van der Waals surface area contributed by atoms with Crippen molar-refractivity contribution in [3.63, 3.8) is 0 Å². The van der Waals surface area contributed by atoms with Crippen LogP contribution in [-0.4, -0.2) is 25.0 Å². The fourth-order valence-corrected chi connectivity index (χ4v) is 3.00. The minimum Gasteiger partial charge on any atom is -0.494 e. The summed E-state index contributed by atoms with van der Waals surface area (Å²) < 4.78 is 5.69. The van der Waals surface area contributed by atoms with Crippen LogP contribution >= 0.6 is 0 Å². The molecule has 0 aliphatic carbocycles. The van der Waals surface area contributed by atoms with Crippen LogP contribution in [0.1, 0.15) is 35.7 Å². The maximum Gasteiger partial charge on any atom is 0.251 e. The maximum atomic E-state index is 12.3. The zero-order valence-corrected chi connectivity index (χ0v) is 18.3. The Labute approximate surface area is 189 Å². The summed E-state index contributed by atoms with van der Waals surface area (Å²) in [7, 11) is 0. The van der Waals surface area contributed by atoms with E-state index in [1.165, 1.54) is 0 Å². The summed E-state index contributed by atoms with van der Waals surface area (Å²) >= 11 is 0. The van der Waals surface area contributed by atoms with Gasteiger partial charge in [0, 0.05) is 29.5 Å². The van der Waals surface area contributed by atoms with Crippen LogP contribution in [0.15, 0.2) is 78.9 Å². The highest BCUT2D eigenvalue weighted by Gasteiger charge is 2.07. The molecule has 2 amide bonds. The predicted molar refractivity (Wildman–Crippen MR) is 128 cm³/mol. The van der Waals surface area contributed by atoms with Gasteiger partial charge in [0.2, 0.25) is 5.91 Å². The molecule has 0 atom stereocenters. The molecule has 0 radical (unpaired) electrons. The highest BCUT2D eigenvalue weighted by molar-refractivity contribution is 5.96. The summed E-state index contributed by atoms with van der Waals surface area (Å²) in [6.07, 6.45) is 2.09. The fraction of sp³-hybridized carbons (Fsp3) is 0.231. The second kappa shape index (κ2) is 12.2. The third-order valence-corrected chi connectivity index (χ3v) is 4.78. The fourth-order valence-electron chi connectivity index (χ4n) is 3.00. The average molecular weight is 432 g/mol. The van der Waals surface area contributed by atoms with Gasteiger partial charge in [-0.1, -0.05) is 49.7 Å². The van der Waals surface area contributed by atoms with Crippen molar-refractivity contribution < 1.29 is 14.3 Å². The van der Waals surface area contributed by atoms with Gasteiger partial charge in [0.05, 0.1) is 13.2 Å². The molecule has 0 aliphatic heterocycles. The van der Waals surface area contributed by atoms with E-state index in [2.05, 4.69) is 22.9 Å². The van der Waals surface area contributed by atoms with Gasteiger partial charge < -0.3 is 20.7 Å². The number of nitrogens with one attached hydrogen (secondary N) is 3. The van der Waals surface area contributed by atoms with Gasteiger partial charge in [0.15, 0.2) is 0 Å². The van der Waals surface area contributed by atoms with Crippen LogP contribution in [0.5, 0.6) is 5.75 Å². The zero-order valence-electron chi connectivity index (χ0n) is 18.3. The van der Waals surface area contributed by atoms with E-state index in [0.717, 1.165) is 29.8 Å². The van der Waals surface area contributed by atoms with Gasteiger partial charge in [-0.25, -0.2) is 0 Å². The first-order valence-corrected chi connectivity index (χ1v) is 10.8. The molecular weight excluding hydrogens is 402 g/mol. The highest BCUT2D eigenvalue weighted by atomic mass is 16.5. The largest absolute Gasteiger partial charge is 0.494 e. The number of benzene rings is 3. The van der Waals surface area contributed by atoms with E-state index in [1.807, 2.05) is 54.6 Å². The van der Waals surface area contributed by atoms with E-state index >= 15 is 0 Å². The number of hydrogen-bond acceptors (Lipinski definition) is 4. The Kier molecular flexibility index (Phi) is 8.69. The van der Waals surface area contributed by atoms with Crippen LogP contribution in [0.3, 0.4) is 0 Å². The summed E-state index contributed by atoms with van der Waals surface area (Å²) in [5.41, 5.74) is 3.03. The molecule has 3 rings (SSSR count). The van der Waals surface area contributed by atoms with Crippen molar-refractivity contribution in [2.24, 2.45) is 0 Å². The van der Waals surface area contributed by atoms with Crippen molar-refractivity contribution in [1.82, 2.24) is 5.32 Å². The molecule has 6 heteroatoms. The zero-order chi connectivity index (χ0) is 22.6. The molecule has 0 unspecified atom stereocenters. The summed E-state index contributed by atoms with van der Waals surface area (Å²) in [5.74, 6) is 0.447. The van der Waals surface area contributed by atoms with E-state index in [1.54, 1.807) is 24.3 Å². The highest BCUT2D eigenvalue weighted by Crippen LogP contribution is 2.17. The number of anilines is 2. The lowest BCUT2D eigenvalue weighted by atomic mass is 10.1. The van der Waals surface area contributed by atoms with Gasteiger partial charge in [0.1, 0.15) is 5.75 Å². The van der Waals surface area contributed by atoms with Crippen LogP contribution in [-0.2, 0) is 11.3 Å². The smallest absolute Gasteiger partial charge is 0.251 e. The molecule has 0 aliphatic rings. The first-order chi connectivity index (χ1) is 15.6. The van der Waals surface area contributed by atoms with Gasteiger partial charge in [-0.2, -0.15) is 0 Å². The Bertz CT molecular complexity index is 1000. The second-order valence-corrected chi connectivity index (χ2v) is 7.38. The Hall–Kier alpha value is -3.80. The topological polar surface area (TPSA) is 79.5 Å². The van der Waals surface area contributed by atoms with E-state index < -0.39 is 0 Å². The SMILES string of the molecule is CCCCOc1cccc(NCC(=O)Nc2ccc(C(=O)NCc3ccccc3)cc2)c1. The van der Waals surface area contributed by atoms with Gasteiger partial charge >= 0.3 is 0 Å². The molecule has 0 heterocycles. The van der Waals surface area contributed by atoms with Crippen LogP contribution in [0, 0.1) is 0 Å². The number of ether oxygens (including phenoxy) is 1. The number of carbonyl (C=O) groups excluding carboxylic acids is 2. The van der Waals surface area contributed by atoms with Gasteiger partial charge in [0.25, 0.3) is 5.91 Å². The number of hydrogen-bond donors (Lipinski definition) is 3. The van der Waals surface area contributed by atoms with Crippen molar-refractivity contribution in [1.29, 1.82) is 0 Å². The molecule has 0 aromatic heterocycles. The molecule has 0 saturated carbocycles. The average Bonchev–Trinajstić information content (AvgIpc) is 2.83. The van der Waals surface area contributed by atoms with Gasteiger partial charge in [-0.15, -0.1) is 0 Å². The van der Waals surface area contributed by atoms with E-state index in [-0.39, 0.29) is 18.4 Å². The monoisotopic (exact) mass is 431 g/mol. The first-order valence-electron chi connectivity index (χ1n) is 10.8. The number of rotatable bonds is 11. The van der Waals surface area contributed by atoms with E-state index in [9.17, 15) is 9.59 Å². The quantitative estimate of drug-likeness (QED) is 0.379. The number of unbranched alkanes of at least 4 members (excludes halogenated alkanes) is 1. The molecule has 3 N–H and O–H groups in total. The Morgan fingerprint density at radius 3 is 2.41 bits per heavy atom. The summed E-state index contributed by atoms with van der Waals surface area (Å²) in [4.78, 5) is 24.6. The Morgan fingerprint density at radius 1 is 0.875 bits per heavy atom. The summed E-state index contributed by atoms with van der Waals surface area (Å²) in [6, 6.07) is 24.1. The van der Waals surface area contributed by atoms with Crippen LogP contribution in [0.2, 0.25) is 0 Å². The van der Waals surface area contributed by atoms with Crippen molar-refractivity contribution in [3.8, 4) is 5.75 Å². The van der Waals surface area contributed by atoms with Crippen molar-refractivity contribution in [2.75, 3.05) is 23.8 Å². The lowest BCUT2D eigenvalue weighted by Gasteiger charge is -2.11. The van der Waals surface area contributed by atoms with Crippen LogP contribution in [0.4, 0.5) is 11.4 Å².